The second-order valence-electron chi connectivity index (χ2n) is 16.6. The number of amides is 1. The van der Waals surface area contributed by atoms with Gasteiger partial charge in [0.05, 0.1) is 18.5 Å². The molecule has 1 aliphatic heterocycles. The predicted octanol–water partition coefficient (Wildman–Crippen LogP) is 7.56. The zero-order valence-electron chi connectivity index (χ0n) is 31.4. The second kappa shape index (κ2) is 16.3. The molecule has 0 saturated carbocycles. The Balaban J connectivity index is 1.68. The van der Waals surface area contributed by atoms with Crippen LogP contribution in [0.15, 0.2) is 42.4 Å². The number of aliphatic hydroxyl groups is 1. The van der Waals surface area contributed by atoms with Gasteiger partial charge in [0, 0.05) is 70.7 Å². The SMILES string of the molecule is CC1=CN(C(=O)OC(C)(C)C)[C@@H](CCc2cc(N(COCC[Si](C)(C)C)COCC[Si](C)(C)C)n3ncc(-c4ccc(CO)nc4)c3n2)C1. The minimum Gasteiger partial charge on any atom is -0.443 e. The minimum atomic E-state index is -1.27. The van der Waals surface area contributed by atoms with E-state index >= 15 is 0 Å². The van der Waals surface area contributed by atoms with E-state index in [2.05, 4.69) is 62.2 Å². The summed E-state index contributed by atoms with van der Waals surface area (Å²) < 4.78 is 20.2. The number of ether oxygens (including phenoxy) is 3. The van der Waals surface area contributed by atoms with E-state index in [1.165, 1.54) is 0 Å². The van der Waals surface area contributed by atoms with Crippen LogP contribution in [-0.2, 0) is 27.2 Å². The first-order valence-electron chi connectivity index (χ1n) is 17.5. The van der Waals surface area contributed by atoms with Crippen molar-refractivity contribution in [3.8, 4) is 11.1 Å². The quantitative estimate of drug-likeness (QED) is 0.0914. The average molecular weight is 711 g/mol. The number of anilines is 1. The van der Waals surface area contributed by atoms with Crippen LogP contribution in [0.2, 0.25) is 51.4 Å². The minimum absolute atomic E-state index is 0.0261. The number of nitrogens with zero attached hydrogens (tertiary/aromatic N) is 6. The van der Waals surface area contributed by atoms with Crippen molar-refractivity contribution >= 4 is 33.7 Å². The summed E-state index contributed by atoms with van der Waals surface area (Å²) in [6.45, 7) is 23.8. The lowest BCUT2D eigenvalue weighted by molar-refractivity contribution is 0.0282. The first-order valence-corrected chi connectivity index (χ1v) is 24.9. The van der Waals surface area contributed by atoms with E-state index in [0.717, 1.165) is 46.7 Å². The highest BCUT2D eigenvalue weighted by molar-refractivity contribution is 6.76. The Morgan fingerprint density at radius 3 is 2.20 bits per heavy atom. The van der Waals surface area contributed by atoms with Crippen molar-refractivity contribution in [2.45, 2.75) is 117 Å². The van der Waals surface area contributed by atoms with Crippen LogP contribution in [-0.4, -0.2) is 90.1 Å². The molecular formula is C36H58N6O5Si2. The van der Waals surface area contributed by atoms with Gasteiger partial charge in [-0.2, -0.15) is 9.61 Å². The molecule has 0 spiro atoms. The molecule has 4 heterocycles. The zero-order chi connectivity index (χ0) is 36.0. The Morgan fingerprint density at radius 1 is 1.00 bits per heavy atom. The summed E-state index contributed by atoms with van der Waals surface area (Å²) in [7, 11) is -2.54. The van der Waals surface area contributed by atoms with Crippen molar-refractivity contribution in [3.05, 3.63) is 53.8 Å². The summed E-state index contributed by atoms with van der Waals surface area (Å²) >= 11 is 0. The number of carbonyl (C=O) groups excluding carboxylic acids is 1. The van der Waals surface area contributed by atoms with Crippen LogP contribution in [0.1, 0.15) is 51.9 Å². The molecule has 3 aromatic rings. The Hall–Kier alpha value is -3.11. The maximum atomic E-state index is 13.1. The Labute approximate surface area is 294 Å². The monoisotopic (exact) mass is 710 g/mol. The van der Waals surface area contributed by atoms with E-state index in [9.17, 15) is 9.90 Å². The number of aromatic nitrogens is 4. The van der Waals surface area contributed by atoms with Crippen LogP contribution in [0, 0.1) is 0 Å². The van der Waals surface area contributed by atoms with Crippen molar-refractivity contribution in [1.29, 1.82) is 0 Å². The molecule has 13 heteroatoms. The van der Waals surface area contributed by atoms with E-state index in [1.54, 1.807) is 11.1 Å². The highest BCUT2D eigenvalue weighted by atomic mass is 28.3. The molecule has 0 aromatic carbocycles. The number of aryl methyl sites for hydroxylation is 1. The lowest BCUT2D eigenvalue weighted by Gasteiger charge is -2.28. The number of hydrogen-bond donors (Lipinski definition) is 1. The van der Waals surface area contributed by atoms with Crippen molar-refractivity contribution in [2.24, 2.45) is 0 Å². The smallest absolute Gasteiger partial charge is 0.414 e. The topological polar surface area (TPSA) is 115 Å². The van der Waals surface area contributed by atoms with Crippen molar-refractivity contribution < 1.29 is 24.1 Å². The van der Waals surface area contributed by atoms with Gasteiger partial charge in [-0.05, 0) is 65.1 Å². The second-order valence-corrected chi connectivity index (χ2v) is 27.8. The van der Waals surface area contributed by atoms with Gasteiger partial charge >= 0.3 is 6.09 Å². The third-order valence-corrected chi connectivity index (χ3v) is 11.7. The van der Waals surface area contributed by atoms with Crippen LogP contribution in [0.4, 0.5) is 10.6 Å². The van der Waals surface area contributed by atoms with Gasteiger partial charge in [-0.1, -0.05) is 50.9 Å². The molecule has 0 radical (unpaired) electrons. The number of aliphatic hydroxyl groups excluding tert-OH is 1. The van der Waals surface area contributed by atoms with Gasteiger partial charge in [0.25, 0.3) is 0 Å². The molecule has 1 N–H and O–H groups in total. The molecule has 0 fully saturated rings. The van der Waals surface area contributed by atoms with Crippen LogP contribution < -0.4 is 4.90 Å². The van der Waals surface area contributed by atoms with E-state index in [4.69, 9.17) is 24.3 Å². The van der Waals surface area contributed by atoms with Crippen molar-refractivity contribution in [3.63, 3.8) is 0 Å². The van der Waals surface area contributed by atoms with Crippen molar-refractivity contribution in [2.75, 3.05) is 31.6 Å². The van der Waals surface area contributed by atoms with Crippen molar-refractivity contribution in [1.82, 2.24) is 24.5 Å². The Bertz CT molecular complexity index is 1550. The molecule has 0 unspecified atom stereocenters. The molecule has 270 valence electrons. The first kappa shape index (κ1) is 38.7. The van der Waals surface area contributed by atoms with Crippen LogP contribution >= 0.6 is 0 Å². The Kier molecular flexibility index (Phi) is 12.9. The maximum absolute atomic E-state index is 13.1. The number of hydrogen-bond acceptors (Lipinski definition) is 9. The van der Waals surface area contributed by atoms with Crippen LogP contribution in [0.25, 0.3) is 16.8 Å². The van der Waals surface area contributed by atoms with Crippen LogP contribution in [0.5, 0.6) is 0 Å². The summed E-state index contributed by atoms with van der Waals surface area (Å²) in [4.78, 5) is 26.5. The average Bonchev–Trinajstić information content (AvgIpc) is 3.60. The summed E-state index contributed by atoms with van der Waals surface area (Å²) in [6.07, 6.45) is 7.29. The summed E-state index contributed by atoms with van der Waals surface area (Å²) in [5, 5.41) is 14.4. The molecular weight excluding hydrogens is 653 g/mol. The molecule has 49 heavy (non-hydrogen) atoms. The van der Waals surface area contributed by atoms with Gasteiger partial charge in [0.1, 0.15) is 24.9 Å². The molecule has 3 aromatic heterocycles. The van der Waals surface area contributed by atoms with Crippen LogP contribution in [0.3, 0.4) is 0 Å². The molecule has 1 amide bonds. The van der Waals surface area contributed by atoms with Gasteiger partial charge in [-0.15, -0.1) is 0 Å². The largest absolute Gasteiger partial charge is 0.443 e. The molecule has 4 rings (SSSR count). The molecule has 0 saturated heterocycles. The normalized spacial score (nSPS) is 15.6. The summed E-state index contributed by atoms with van der Waals surface area (Å²) in [6, 6.07) is 7.94. The first-order chi connectivity index (χ1) is 22.9. The maximum Gasteiger partial charge on any atom is 0.414 e. The standard InChI is InChI=1S/C36H58N6O5Si2/c1-27-19-31(41(23-27)35(44)47-36(2,3)4)14-13-29-20-33(40(25-45-15-17-48(5,6)7)26-46-16-18-49(8,9)10)42-34(39-29)32(22-38-42)28-11-12-30(24-43)37-21-28/h11-12,20-23,31,43H,13-19,24-26H2,1-10H3/t31-/m0/s1. The van der Waals surface area contributed by atoms with Gasteiger partial charge in [0.15, 0.2) is 5.65 Å². The van der Waals surface area contributed by atoms with E-state index in [1.807, 2.05) is 49.8 Å². The molecule has 0 aliphatic carbocycles. The molecule has 11 nitrogen and oxygen atoms in total. The molecule has 0 bridgehead atoms. The molecule has 1 aliphatic rings. The number of rotatable bonds is 16. The highest BCUT2D eigenvalue weighted by Gasteiger charge is 2.31. The summed E-state index contributed by atoms with van der Waals surface area (Å²) in [5.41, 5.74) is 4.45. The lowest BCUT2D eigenvalue weighted by atomic mass is 10.0. The molecule has 1 atom stereocenters. The number of pyridine rings is 1. The highest BCUT2D eigenvalue weighted by Crippen LogP contribution is 2.30. The lowest BCUT2D eigenvalue weighted by Crippen LogP contribution is -2.38. The van der Waals surface area contributed by atoms with Gasteiger partial charge in [0.2, 0.25) is 0 Å². The van der Waals surface area contributed by atoms with Gasteiger partial charge in [-0.3, -0.25) is 9.88 Å². The number of fused-ring (bicyclic) bond motifs is 1. The number of carbonyl (C=O) groups is 1. The third kappa shape index (κ3) is 11.7. The predicted molar refractivity (Wildman–Crippen MR) is 201 cm³/mol. The fraction of sp³-hybridized carbons (Fsp3) is 0.611. The zero-order valence-corrected chi connectivity index (χ0v) is 33.4. The fourth-order valence-electron chi connectivity index (χ4n) is 5.44. The van der Waals surface area contributed by atoms with Gasteiger partial charge in [-0.25, -0.2) is 9.78 Å². The Morgan fingerprint density at radius 2 is 1.65 bits per heavy atom. The third-order valence-electron chi connectivity index (χ3n) is 8.26. The van der Waals surface area contributed by atoms with E-state index in [0.29, 0.717) is 50.9 Å². The fourth-order valence-corrected chi connectivity index (χ4v) is 6.96. The van der Waals surface area contributed by atoms with E-state index in [-0.39, 0.29) is 18.7 Å². The van der Waals surface area contributed by atoms with Gasteiger partial charge < -0.3 is 24.2 Å². The van der Waals surface area contributed by atoms with E-state index < -0.39 is 21.7 Å². The summed E-state index contributed by atoms with van der Waals surface area (Å²) in [5.74, 6) is 0.830.